The first kappa shape index (κ1) is 19.0. The van der Waals surface area contributed by atoms with Gasteiger partial charge < -0.3 is 10.2 Å². The van der Waals surface area contributed by atoms with Crippen molar-refractivity contribution >= 4 is 5.91 Å². The predicted octanol–water partition coefficient (Wildman–Crippen LogP) is 4.06. The standard InChI is InChI=1S/C19H34N2O/c1-7-9-11-12-17(22)21(13-10-8-2)16-14-18(3,4)20-19(5,6)15-16/h7,9,11-12,16,20H,8,10,13-15H2,1-6H3/b9-7+,12-11+. The SMILES string of the molecule is C/C=C/C=C/C(=O)N(CCCC)C1CC(C)(C)NC(C)(C)C1. The van der Waals surface area contributed by atoms with Gasteiger partial charge >= 0.3 is 0 Å². The largest absolute Gasteiger partial charge is 0.336 e. The Morgan fingerprint density at radius 2 is 1.77 bits per heavy atom. The van der Waals surface area contributed by atoms with E-state index in [0.717, 1.165) is 32.2 Å². The molecule has 1 aliphatic rings. The lowest BCUT2D eigenvalue weighted by atomic mass is 9.79. The van der Waals surface area contributed by atoms with E-state index in [1.165, 1.54) is 0 Å². The highest BCUT2D eigenvalue weighted by Crippen LogP contribution is 2.31. The molecule has 0 aromatic carbocycles. The molecule has 1 aliphatic heterocycles. The molecule has 1 fully saturated rings. The van der Waals surface area contributed by atoms with Gasteiger partial charge in [-0.25, -0.2) is 0 Å². The second kappa shape index (κ2) is 7.96. The van der Waals surface area contributed by atoms with Crippen molar-refractivity contribution in [1.29, 1.82) is 0 Å². The molecule has 22 heavy (non-hydrogen) atoms. The molecule has 126 valence electrons. The number of nitrogens with zero attached hydrogens (tertiary/aromatic N) is 1. The lowest BCUT2D eigenvalue weighted by Crippen LogP contribution is -2.62. The van der Waals surface area contributed by atoms with Gasteiger partial charge in [-0.15, -0.1) is 0 Å². The molecule has 0 bridgehead atoms. The summed E-state index contributed by atoms with van der Waals surface area (Å²) in [6.45, 7) is 13.9. The van der Waals surface area contributed by atoms with E-state index in [9.17, 15) is 4.79 Å². The van der Waals surface area contributed by atoms with Crippen molar-refractivity contribution in [2.75, 3.05) is 6.54 Å². The smallest absolute Gasteiger partial charge is 0.246 e. The fraction of sp³-hybridized carbons (Fsp3) is 0.737. The lowest BCUT2D eigenvalue weighted by molar-refractivity contribution is -0.130. The minimum atomic E-state index is 0.0597. The van der Waals surface area contributed by atoms with Gasteiger partial charge in [0.15, 0.2) is 0 Å². The Labute approximate surface area is 136 Å². The summed E-state index contributed by atoms with van der Waals surface area (Å²) in [7, 11) is 0. The van der Waals surface area contributed by atoms with Crippen LogP contribution in [0.3, 0.4) is 0 Å². The van der Waals surface area contributed by atoms with E-state index >= 15 is 0 Å². The first-order valence-corrected chi connectivity index (χ1v) is 8.60. The Bertz CT molecular complexity index is 405. The number of carbonyl (C=O) groups is 1. The van der Waals surface area contributed by atoms with Crippen LogP contribution in [0.25, 0.3) is 0 Å². The van der Waals surface area contributed by atoms with Crippen molar-refractivity contribution < 1.29 is 4.79 Å². The number of hydrogen-bond acceptors (Lipinski definition) is 2. The Balaban J connectivity index is 2.92. The van der Waals surface area contributed by atoms with Gasteiger partial charge in [0.2, 0.25) is 5.91 Å². The second-order valence-corrected chi connectivity index (χ2v) is 7.72. The van der Waals surface area contributed by atoms with E-state index in [0.29, 0.717) is 6.04 Å². The quantitative estimate of drug-likeness (QED) is 0.593. The van der Waals surface area contributed by atoms with Gasteiger partial charge in [0.05, 0.1) is 0 Å². The first-order valence-electron chi connectivity index (χ1n) is 8.60. The molecule has 0 aromatic heterocycles. The number of nitrogens with one attached hydrogen (secondary N) is 1. The van der Waals surface area contributed by atoms with E-state index < -0.39 is 0 Å². The van der Waals surface area contributed by atoms with Crippen LogP contribution in [-0.4, -0.2) is 34.5 Å². The maximum absolute atomic E-state index is 12.6. The normalized spacial score (nSPS) is 21.5. The monoisotopic (exact) mass is 306 g/mol. The van der Waals surface area contributed by atoms with Crippen LogP contribution in [0, 0.1) is 0 Å². The fourth-order valence-corrected chi connectivity index (χ4v) is 3.63. The number of hydrogen-bond donors (Lipinski definition) is 1. The minimum Gasteiger partial charge on any atom is -0.336 e. The summed E-state index contributed by atoms with van der Waals surface area (Å²) in [6, 6.07) is 0.306. The van der Waals surface area contributed by atoms with Crippen LogP contribution >= 0.6 is 0 Å². The van der Waals surface area contributed by atoms with Gasteiger partial charge in [-0.3, -0.25) is 4.79 Å². The summed E-state index contributed by atoms with van der Waals surface area (Å²) in [5.41, 5.74) is 0.119. The van der Waals surface area contributed by atoms with Gasteiger partial charge in [-0.2, -0.15) is 0 Å². The summed E-state index contributed by atoms with van der Waals surface area (Å²) in [6.07, 6.45) is 11.6. The van der Waals surface area contributed by atoms with Crippen LogP contribution < -0.4 is 5.32 Å². The van der Waals surface area contributed by atoms with Crippen LogP contribution in [0.2, 0.25) is 0 Å². The molecule has 1 amide bonds. The van der Waals surface area contributed by atoms with E-state index in [4.69, 9.17) is 0 Å². The third kappa shape index (κ3) is 5.96. The van der Waals surface area contributed by atoms with Crippen LogP contribution in [0.15, 0.2) is 24.3 Å². The van der Waals surface area contributed by atoms with Gasteiger partial charge in [0, 0.05) is 29.7 Å². The molecule has 1 saturated heterocycles. The van der Waals surface area contributed by atoms with Crippen molar-refractivity contribution in [3.05, 3.63) is 24.3 Å². The highest BCUT2D eigenvalue weighted by atomic mass is 16.2. The molecule has 3 nitrogen and oxygen atoms in total. The van der Waals surface area contributed by atoms with E-state index in [1.807, 2.05) is 25.2 Å². The third-order valence-electron chi connectivity index (χ3n) is 4.19. The van der Waals surface area contributed by atoms with Crippen molar-refractivity contribution in [3.63, 3.8) is 0 Å². The Kier molecular flexibility index (Phi) is 6.86. The summed E-state index contributed by atoms with van der Waals surface area (Å²) in [4.78, 5) is 14.7. The molecule has 1 heterocycles. The van der Waals surface area contributed by atoms with Gasteiger partial charge in [0.25, 0.3) is 0 Å². The zero-order valence-corrected chi connectivity index (χ0v) is 15.3. The highest BCUT2D eigenvalue weighted by molar-refractivity contribution is 5.88. The summed E-state index contributed by atoms with van der Waals surface area (Å²) < 4.78 is 0. The van der Waals surface area contributed by atoms with Crippen LogP contribution in [0.1, 0.15) is 67.2 Å². The molecule has 0 saturated carbocycles. The van der Waals surface area contributed by atoms with Gasteiger partial charge in [0.1, 0.15) is 0 Å². The average molecular weight is 306 g/mol. The van der Waals surface area contributed by atoms with Crippen LogP contribution in [-0.2, 0) is 4.79 Å². The topological polar surface area (TPSA) is 32.3 Å². The molecule has 0 unspecified atom stereocenters. The number of carbonyl (C=O) groups excluding carboxylic acids is 1. The van der Waals surface area contributed by atoms with E-state index in [1.54, 1.807) is 6.08 Å². The fourth-order valence-electron chi connectivity index (χ4n) is 3.63. The summed E-state index contributed by atoms with van der Waals surface area (Å²) in [5, 5.41) is 3.70. The van der Waals surface area contributed by atoms with E-state index in [2.05, 4.69) is 44.8 Å². The zero-order valence-electron chi connectivity index (χ0n) is 15.3. The van der Waals surface area contributed by atoms with Gasteiger partial charge in [-0.05, 0) is 53.9 Å². The molecule has 0 atom stereocenters. The molecule has 0 aromatic rings. The lowest BCUT2D eigenvalue weighted by Gasteiger charge is -2.49. The summed E-state index contributed by atoms with van der Waals surface area (Å²) >= 11 is 0. The number of amides is 1. The van der Waals surface area contributed by atoms with Crippen LogP contribution in [0.4, 0.5) is 0 Å². The molecular formula is C19H34N2O. The van der Waals surface area contributed by atoms with Crippen LogP contribution in [0.5, 0.6) is 0 Å². The second-order valence-electron chi connectivity index (χ2n) is 7.72. The van der Waals surface area contributed by atoms with Crippen molar-refractivity contribution in [2.45, 2.75) is 84.3 Å². The predicted molar refractivity (Wildman–Crippen MR) is 94.9 cm³/mol. The minimum absolute atomic E-state index is 0.0597. The molecule has 1 N–H and O–H groups in total. The number of unbranched alkanes of at least 4 members (excludes halogenated alkanes) is 1. The maximum atomic E-state index is 12.6. The molecule has 0 aliphatic carbocycles. The summed E-state index contributed by atoms with van der Waals surface area (Å²) in [5.74, 6) is 0.144. The molecule has 3 heteroatoms. The molecule has 0 spiro atoms. The molecular weight excluding hydrogens is 272 g/mol. The maximum Gasteiger partial charge on any atom is 0.246 e. The number of rotatable bonds is 6. The van der Waals surface area contributed by atoms with Crippen molar-refractivity contribution in [2.24, 2.45) is 0 Å². The third-order valence-corrected chi connectivity index (χ3v) is 4.19. The Morgan fingerprint density at radius 1 is 1.18 bits per heavy atom. The van der Waals surface area contributed by atoms with Gasteiger partial charge in [-0.1, -0.05) is 31.6 Å². The van der Waals surface area contributed by atoms with Crippen molar-refractivity contribution in [3.8, 4) is 0 Å². The highest BCUT2D eigenvalue weighted by Gasteiger charge is 2.40. The Morgan fingerprint density at radius 3 is 2.27 bits per heavy atom. The Hall–Kier alpha value is -1.09. The number of allylic oxidation sites excluding steroid dienone is 3. The molecule has 0 radical (unpaired) electrons. The first-order chi connectivity index (χ1) is 10.2. The van der Waals surface area contributed by atoms with E-state index in [-0.39, 0.29) is 17.0 Å². The molecule has 1 rings (SSSR count). The average Bonchev–Trinajstić information content (AvgIpc) is 2.35. The van der Waals surface area contributed by atoms with Crippen molar-refractivity contribution in [1.82, 2.24) is 10.2 Å². The number of piperidine rings is 1. The zero-order chi connectivity index (χ0) is 16.8.